The van der Waals surface area contributed by atoms with E-state index in [1.165, 1.54) is 0 Å². The van der Waals surface area contributed by atoms with Crippen LogP contribution in [0.25, 0.3) is 0 Å². The third-order valence-electron chi connectivity index (χ3n) is 5.80. The van der Waals surface area contributed by atoms with Gasteiger partial charge < -0.3 is 18.8 Å². The van der Waals surface area contributed by atoms with Crippen LogP contribution in [0.3, 0.4) is 0 Å². The number of aryl methyl sites for hydroxylation is 1. The predicted molar refractivity (Wildman–Crippen MR) is 92.1 cm³/mol. The Labute approximate surface area is 149 Å². The third kappa shape index (κ3) is 3.61. The Morgan fingerprint density at radius 1 is 1.12 bits per heavy atom. The molecule has 6 heteroatoms. The summed E-state index contributed by atoms with van der Waals surface area (Å²) in [4.78, 5) is 17.3. The molecule has 0 radical (unpaired) electrons. The normalized spacial score (nSPS) is 30.4. The van der Waals surface area contributed by atoms with Crippen LogP contribution in [-0.2, 0) is 27.2 Å². The average Bonchev–Trinajstić information content (AvgIpc) is 3.27. The molecule has 138 valence electrons. The molecule has 1 aromatic heterocycles. The lowest BCUT2D eigenvalue weighted by molar-refractivity contribution is -0.148. The molecule has 3 atom stereocenters. The number of morpholine rings is 1. The first-order valence-electron chi connectivity index (χ1n) is 9.49. The van der Waals surface area contributed by atoms with Gasteiger partial charge in [0.15, 0.2) is 0 Å². The number of fused-ring (bicyclic) bond motifs is 1. The number of carbonyl (C=O) groups is 1. The maximum absolute atomic E-state index is 13.0. The lowest BCUT2D eigenvalue weighted by Gasteiger charge is -2.36. The minimum absolute atomic E-state index is 0.00958. The molecule has 0 N–H and O–H groups in total. The van der Waals surface area contributed by atoms with Gasteiger partial charge in [-0.15, -0.1) is 0 Å². The number of hydrogen-bond acceptors (Lipinski definition) is 5. The SMILES string of the molecule is CCc1ccc(CN2C[C@@H]3COC[C@H](C(=O)N4CCOCC4)[C@@H]3C2)o1. The van der Waals surface area contributed by atoms with Crippen LogP contribution in [0.4, 0.5) is 0 Å². The Kier molecular flexibility index (Phi) is 5.10. The molecule has 0 aromatic carbocycles. The van der Waals surface area contributed by atoms with E-state index in [-0.39, 0.29) is 11.8 Å². The molecule has 0 aliphatic carbocycles. The summed E-state index contributed by atoms with van der Waals surface area (Å²) in [6.07, 6.45) is 0.926. The highest BCUT2D eigenvalue weighted by molar-refractivity contribution is 5.79. The summed E-state index contributed by atoms with van der Waals surface area (Å²) < 4.78 is 17.0. The van der Waals surface area contributed by atoms with Gasteiger partial charge in [-0.3, -0.25) is 9.69 Å². The van der Waals surface area contributed by atoms with Crippen LogP contribution < -0.4 is 0 Å². The standard InChI is InChI=1S/C19H28N2O4/c1-2-15-3-4-16(25-15)10-20-9-14-12-24-13-18(17(14)11-20)19(22)21-5-7-23-8-6-21/h3-4,14,17-18H,2,5-13H2,1H3/t14-,17-,18+/m1/s1. The third-order valence-corrected chi connectivity index (χ3v) is 5.80. The molecule has 3 aliphatic rings. The first kappa shape index (κ1) is 17.1. The Hall–Kier alpha value is -1.37. The highest BCUT2D eigenvalue weighted by Crippen LogP contribution is 2.36. The molecule has 1 amide bonds. The average molecular weight is 348 g/mol. The first-order chi connectivity index (χ1) is 12.2. The van der Waals surface area contributed by atoms with Crippen molar-refractivity contribution in [3.63, 3.8) is 0 Å². The molecule has 1 aromatic rings. The molecule has 4 rings (SSSR count). The number of amides is 1. The van der Waals surface area contributed by atoms with Gasteiger partial charge in [0.1, 0.15) is 11.5 Å². The van der Waals surface area contributed by atoms with Crippen molar-refractivity contribution in [2.75, 3.05) is 52.6 Å². The molecule has 0 bridgehead atoms. The van der Waals surface area contributed by atoms with Gasteiger partial charge in [-0.2, -0.15) is 0 Å². The smallest absolute Gasteiger partial charge is 0.228 e. The van der Waals surface area contributed by atoms with Crippen LogP contribution in [0.5, 0.6) is 0 Å². The highest BCUT2D eigenvalue weighted by Gasteiger charge is 2.45. The Balaban J connectivity index is 1.40. The molecule has 4 heterocycles. The van der Waals surface area contributed by atoms with E-state index in [4.69, 9.17) is 13.9 Å². The molecule has 6 nitrogen and oxygen atoms in total. The van der Waals surface area contributed by atoms with Crippen LogP contribution in [0.1, 0.15) is 18.4 Å². The summed E-state index contributed by atoms with van der Waals surface area (Å²) in [7, 11) is 0. The zero-order valence-corrected chi connectivity index (χ0v) is 15.0. The van der Waals surface area contributed by atoms with Crippen molar-refractivity contribution in [1.82, 2.24) is 9.80 Å². The van der Waals surface area contributed by atoms with Gasteiger partial charge in [-0.1, -0.05) is 6.92 Å². The van der Waals surface area contributed by atoms with Gasteiger partial charge in [0.05, 0.1) is 38.9 Å². The number of nitrogens with zero attached hydrogens (tertiary/aromatic N) is 2. The number of ether oxygens (including phenoxy) is 2. The largest absolute Gasteiger partial charge is 0.465 e. The number of rotatable bonds is 4. The molecule has 0 saturated carbocycles. The maximum atomic E-state index is 13.0. The van der Waals surface area contributed by atoms with Crippen molar-refractivity contribution in [2.45, 2.75) is 19.9 Å². The van der Waals surface area contributed by atoms with Crippen LogP contribution in [0.2, 0.25) is 0 Å². The summed E-state index contributed by atoms with van der Waals surface area (Å²) in [5.41, 5.74) is 0. The summed E-state index contributed by atoms with van der Waals surface area (Å²) in [5, 5.41) is 0. The monoisotopic (exact) mass is 348 g/mol. The number of hydrogen-bond donors (Lipinski definition) is 0. The zero-order chi connectivity index (χ0) is 17.2. The minimum atomic E-state index is -0.00958. The van der Waals surface area contributed by atoms with Crippen molar-refractivity contribution in [3.8, 4) is 0 Å². The topological polar surface area (TPSA) is 55.2 Å². The minimum Gasteiger partial charge on any atom is -0.465 e. The number of likely N-dealkylation sites (tertiary alicyclic amines) is 1. The van der Waals surface area contributed by atoms with Crippen molar-refractivity contribution in [3.05, 3.63) is 23.7 Å². The van der Waals surface area contributed by atoms with Crippen LogP contribution in [0.15, 0.2) is 16.5 Å². The lowest BCUT2D eigenvalue weighted by Crippen LogP contribution is -2.49. The highest BCUT2D eigenvalue weighted by atomic mass is 16.5. The van der Waals surface area contributed by atoms with Crippen LogP contribution >= 0.6 is 0 Å². The molecular formula is C19H28N2O4. The zero-order valence-electron chi connectivity index (χ0n) is 15.0. The van der Waals surface area contributed by atoms with Gasteiger partial charge in [0, 0.05) is 32.6 Å². The van der Waals surface area contributed by atoms with Gasteiger partial charge in [0.2, 0.25) is 5.91 Å². The second kappa shape index (κ2) is 7.48. The van der Waals surface area contributed by atoms with Gasteiger partial charge in [-0.25, -0.2) is 0 Å². The van der Waals surface area contributed by atoms with E-state index in [2.05, 4.69) is 24.0 Å². The van der Waals surface area contributed by atoms with Crippen molar-refractivity contribution < 1.29 is 18.7 Å². The molecular weight excluding hydrogens is 320 g/mol. The van der Waals surface area contributed by atoms with E-state index in [0.717, 1.165) is 44.2 Å². The fourth-order valence-electron chi connectivity index (χ4n) is 4.41. The van der Waals surface area contributed by atoms with E-state index in [0.29, 0.717) is 44.7 Å². The Morgan fingerprint density at radius 3 is 2.68 bits per heavy atom. The van der Waals surface area contributed by atoms with Crippen LogP contribution in [-0.4, -0.2) is 68.3 Å². The quantitative estimate of drug-likeness (QED) is 0.823. The summed E-state index contributed by atoms with van der Waals surface area (Å²) in [6, 6.07) is 4.14. The van der Waals surface area contributed by atoms with Crippen molar-refractivity contribution in [2.24, 2.45) is 17.8 Å². The van der Waals surface area contributed by atoms with E-state index >= 15 is 0 Å². The van der Waals surface area contributed by atoms with E-state index in [1.807, 2.05) is 4.90 Å². The second-order valence-electron chi connectivity index (χ2n) is 7.42. The fourth-order valence-corrected chi connectivity index (χ4v) is 4.41. The van der Waals surface area contributed by atoms with Crippen LogP contribution in [0, 0.1) is 17.8 Å². The fraction of sp³-hybridized carbons (Fsp3) is 0.737. The van der Waals surface area contributed by atoms with Crippen molar-refractivity contribution >= 4 is 5.91 Å². The van der Waals surface area contributed by atoms with Crippen molar-refractivity contribution in [1.29, 1.82) is 0 Å². The summed E-state index contributed by atoms with van der Waals surface area (Å²) >= 11 is 0. The molecule has 25 heavy (non-hydrogen) atoms. The molecule has 3 aliphatic heterocycles. The summed E-state index contributed by atoms with van der Waals surface area (Å²) in [6.45, 7) is 8.92. The molecule has 0 unspecified atom stereocenters. The summed E-state index contributed by atoms with van der Waals surface area (Å²) in [5.74, 6) is 3.15. The van der Waals surface area contributed by atoms with E-state index in [9.17, 15) is 4.79 Å². The molecule has 0 spiro atoms. The molecule has 3 fully saturated rings. The van der Waals surface area contributed by atoms with Gasteiger partial charge in [0.25, 0.3) is 0 Å². The first-order valence-corrected chi connectivity index (χ1v) is 9.49. The van der Waals surface area contributed by atoms with E-state index in [1.54, 1.807) is 0 Å². The van der Waals surface area contributed by atoms with Gasteiger partial charge >= 0.3 is 0 Å². The Bertz CT molecular complexity index is 596. The lowest BCUT2D eigenvalue weighted by atomic mass is 9.82. The number of carbonyl (C=O) groups excluding carboxylic acids is 1. The maximum Gasteiger partial charge on any atom is 0.228 e. The molecule has 3 saturated heterocycles. The second-order valence-corrected chi connectivity index (χ2v) is 7.42. The number of furan rings is 1. The van der Waals surface area contributed by atoms with Gasteiger partial charge in [-0.05, 0) is 24.0 Å². The Morgan fingerprint density at radius 2 is 1.92 bits per heavy atom. The van der Waals surface area contributed by atoms with E-state index < -0.39 is 0 Å². The predicted octanol–water partition coefficient (Wildman–Crippen LogP) is 1.40.